The number of rotatable bonds is 6. The molecule has 1 amide bonds. The molecule has 3 aromatic rings. The fourth-order valence-corrected chi connectivity index (χ4v) is 4.11. The Kier molecular flexibility index (Phi) is 6.27. The summed E-state index contributed by atoms with van der Waals surface area (Å²) in [6, 6.07) is 15.7. The summed E-state index contributed by atoms with van der Waals surface area (Å²) >= 11 is 1.45. The van der Waals surface area contributed by atoms with Gasteiger partial charge in [0.15, 0.2) is 5.82 Å². The zero-order valence-corrected chi connectivity index (χ0v) is 17.2. The van der Waals surface area contributed by atoms with Crippen LogP contribution in [0.1, 0.15) is 6.92 Å². The average molecular weight is 410 g/mol. The highest BCUT2D eigenvalue weighted by Crippen LogP contribution is 2.31. The maximum absolute atomic E-state index is 12.6. The minimum Gasteiger partial charge on any atom is -0.494 e. The quantitative estimate of drug-likeness (QED) is 0.457. The minimum absolute atomic E-state index is 0.104. The molecule has 0 atom stereocenters. The maximum atomic E-state index is 12.6. The largest absolute Gasteiger partial charge is 0.494 e. The normalized spacial score (nSPS) is 14.2. The zero-order valence-electron chi connectivity index (χ0n) is 16.3. The van der Waals surface area contributed by atoms with Gasteiger partial charge in [0.2, 0.25) is 5.91 Å². The van der Waals surface area contributed by atoms with Gasteiger partial charge in [-0.15, -0.1) is 0 Å². The van der Waals surface area contributed by atoms with Crippen LogP contribution in [0, 0.1) is 0 Å². The van der Waals surface area contributed by atoms with E-state index in [1.54, 1.807) is 0 Å². The molecule has 2 aromatic carbocycles. The van der Waals surface area contributed by atoms with Gasteiger partial charge in [0.05, 0.1) is 31.1 Å². The number of nitrogens with zero attached hydrogens (tertiary/aromatic N) is 3. The van der Waals surface area contributed by atoms with Gasteiger partial charge in [-0.2, -0.15) is 0 Å². The summed E-state index contributed by atoms with van der Waals surface area (Å²) in [5, 5.41) is 1.69. The molecule has 4 rings (SSSR count). The van der Waals surface area contributed by atoms with Crippen LogP contribution in [0.15, 0.2) is 53.6 Å². The van der Waals surface area contributed by atoms with Gasteiger partial charge in [-0.05, 0) is 25.1 Å². The lowest BCUT2D eigenvalue weighted by molar-refractivity contribution is -0.132. The van der Waals surface area contributed by atoms with Crippen molar-refractivity contribution in [3.8, 4) is 17.1 Å². The summed E-state index contributed by atoms with van der Waals surface area (Å²) in [7, 11) is 0. The lowest BCUT2D eigenvalue weighted by Crippen LogP contribution is -2.41. The maximum Gasteiger partial charge on any atom is 0.233 e. The molecule has 2 heterocycles. The number of carbonyl (C=O) groups excluding carboxylic acids is 1. The standard InChI is InChI=1S/C22H23N3O3S/c1-2-28-17-8-9-19-18(14-17)22(24-21(23-19)16-6-4-3-5-7-16)29-15-20(26)25-10-12-27-13-11-25/h3-9,14H,2,10-13,15H2,1H3. The van der Waals surface area contributed by atoms with Crippen molar-refractivity contribution in [1.82, 2.24) is 14.9 Å². The van der Waals surface area contributed by atoms with Crippen LogP contribution in [0.5, 0.6) is 5.75 Å². The molecule has 1 aliphatic heterocycles. The number of hydrogen-bond donors (Lipinski definition) is 0. The highest BCUT2D eigenvalue weighted by atomic mass is 32.2. The summed E-state index contributed by atoms with van der Waals surface area (Å²) in [5.74, 6) is 1.87. The summed E-state index contributed by atoms with van der Waals surface area (Å²) in [6.45, 7) is 5.04. The van der Waals surface area contributed by atoms with Gasteiger partial charge in [-0.1, -0.05) is 42.1 Å². The van der Waals surface area contributed by atoms with Crippen molar-refractivity contribution < 1.29 is 14.3 Å². The van der Waals surface area contributed by atoms with Gasteiger partial charge in [0.1, 0.15) is 10.8 Å². The highest BCUT2D eigenvalue weighted by molar-refractivity contribution is 8.00. The molecule has 0 spiro atoms. The van der Waals surface area contributed by atoms with Gasteiger partial charge in [0.25, 0.3) is 0 Å². The SMILES string of the molecule is CCOc1ccc2nc(-c3ccccc3)nc(SCC(=O)N3CCOCC3)c2c1. The lowest BCUT2D eigenvalue weighted by Gasteiger charge is -2.26. The topological polar surface area (TPSA) is 64.6 Å². The zero-order chi connectivity index (χ0) is 20.1. The minimum atomic E-state index is 0.104. The summed E-state index contributed by atoms with van der Waals surface area (Å²) in [4.78, 5) is 24.0. The number of morpholine rings is 1. The van der Waals surface area contributed by atoms with E-state index in [2.05, 4.69) is 0 Å². The Morgan fingerprint density at radius 3 is 2.69 bits per heavy atom. The average Bonchev–Trinajstić information content (AvgIpc) is 2.78. The predicted molar refractivity (Wildman–Crippen MR) is 114 cm³/mol. The Bertz CT molecular complexity index is 991. The van der Waals surface area contributed by atoms with Crippen LogP contribution >= 0.6 is 11.8 Å². The third kappa shape index (κ3) is 4.68. The summed E-state index contributed by atoms with van der Waals surface area (Å²) in [6.07, 6.45) is 0. The molecule has 0 saturated carbocycles. The number of ether oxygens (including phenoxy) is 2. The number of thioether (sulfide) groups is 1. The second-order valence-corrected chi connectivity index (χ2v) is 7.58. The Morgan fingerprint density at radius 2 is 1.93 bits per heavy atom. The molecule has 6 nitrogen and oxygen atoms in total. The Morgan fingerprint density at radius 1 is 1.14 bits per heavy atom. The number of amides is 1. The molecule has 1 fully saturated rings. The Labute approximate surface area is 174 Å². The first kappa shape index (κ1) is 19.7. The van der Waals surface area contributed by atoms with Crippen LogP contribution in [-0.4, -0.2) is 59.4 Å². The second-order valence-electron chi connectivity index (χ2n) is 6.61. The molecule has 1 aromatic heterocycles. The van der Waals surface area contributed by atoms with E-state index in [9.17, 15) is 4.79 Å². The van der Waals surface area contributed by atoms with Crippen molar-refractivity contribution in [3.05, 3.63) is 48.5 Å². The molecule has 0 unspecified atom stereocenters. The van der Waals surface area contributed by atoms with Crippen LogP contribution in [0.3, 0.4) is 0 Å². The van der Waals surface area contributed by atoms with Crippen LogP contribution in [0.4, 0.5) is 0 Å². The molecule has 7 heteroatoms. The van der Waals surface area contributed by atoms with E-state index in [1.165, 1.54) is 11.8 Å². The van der Waals surface area contributed by atoms with E-state index in [1.807, 2.05) is 60.4 Å². The van der Waals surface area contributed by atoms with Gasteiger partial charge >= 0.3 is 0 Å². The van der Waals surface area contributed by atoms with Crippen molar-refractivity contribution >= 4 is 28.6 Å². The molecule has 1 aliphatic rings. The Hall–Kier alpha value is -2.64. The second kappa shape index (κ2) is 9.24. The Balaban J connectivity index is 1.66. The van der Waals surface area contributed by atoms with Gasteiger partial charge < -0.3 is 14.4 Å². The molecule has 150 valence electrons. The predicted octanol–water partition coefficient (Wildman–Crippen LogP) is 3.65. The third-order valence-electron chi connectivity index (χ3n) is 4.67. The van der Waals surface area contributed by atoms with E-state index >= 15 is 0 Å². The van der Waals surface area contributed by atoms with Crippen molar-refractivity contribution in [2.24, 2.45) is 0 Å². The molecule has 0 N–H and O–H groups in total. The number of aromatic nitrogens is 2. The van der Waals surface area contributed by atoms with E-state index in [4.69, 9.17) is 19.4 Å². The molecule has 0 aliphatic carbocycles. The molecular formula is C22H23N3O3S. The molecule has 1 saturated heterocycles. The summed E-state index contributed by atoms with van der Waals surface area (Å²) < 4.78 is 11.0. The van der Waals surface area contributed by atoms with Crippen LogP contribution < -0.4 is 4.74 Å². The highest BCUT2D eigenvalue weighted by Gasteiger charge is 2.18. The fraction of sp³-hybridized carbons (Fsp3) is 0.318. The first-order chi connectivity index (χ1) is 14.2. The monoisotopic (exact) mass is 409 g/mol. The van der Waals surface area contributed by atoms with Crippen molar-refractivity contribution in [2.45, 2.75) is 11.9 Å². The molecule has 0 radical (unpaired) electrons. The first-order valence-corrected chi connectivity index (χ1v) is 10.7. The lowest BCUT2D eigenvalue weighted by atomic mass is 10.2. The number of carbonyl (C=O) groups is 1. The van der Waals surface area contributed by atoms with Crippen LogP contribution in [-0.2, 0) is 9.53 Å². The number of benzene rings is 2. The molecule has 29 heavy (non-hydrogen) atoms. The van der Waals surface area contributed by atoms with Crippen LogP contribution in [0.25, 0.3) is 22.3 Å². The fourth-order valence-electron chi connectivity index (χ4n) is 3.20. The van der Waals surface area contributed by atoms with Crippen molar-refractivity contribution in [3.63, 3.8) is 0 Å². The number of hydrogen-bond acceptors (Lipinski definition) is 6. The van der Waals surface area contributed by atoms with E-state index < -0.39 is 0 Å². The molecule has 0 bridgehead atoms. The third-order valence-corrected chi connectivity index (χ3v) is 5.65. The van der Waals surface area contributed by atoms with Crippen molar-refractivity contribution in [2.75, 3.05) is 38.7 Å². The van der Waals surface area contributed by atoms with Gasteiger partial charge in [-0.25, -0.2) is 9.97 Å². The van der Waals surface area contributed by atoms with E-state index in [-0.39, 0.29) is 5.91 Å². The van der Waals surface area contributed by atoms with E-state index in [0.29, 0.717) is 44.5 Å². The first-order valence-electron chi connectivity index (χ1n) is 9.73. The number of fused-ring (bicyclic) bond motifs is 1. The smallest absolute Gasteiger partial charge is 0.233 e. The van der Waals surface area contributed by atoms with Crippen molar-refractivity contribution in [1.29, 1.82) is 0 Å². The summed E-state index contributed by atoms with van der Waals surface area (Å²) in [5.41, 5.74) is 1.79. The molecular weight excluding hydrogens is 386 g/mol. The van der Waals surface area contributed by atoms with Crippen LogP contribution in [0.2, 0.25) is 0 Å². The van der Waals surface area contributed by atoms with Gasteiger partial charge in [0, 0.05) is 24.0 Å². The van der Waals surface area contributed by atoms with E-state index in [0.717, 1.165) is 27.2 Å². The van der Waals surface area contributed by atoms with Gasteiger partial charge in [-0.3, -0.25) is 4.79 Å².